The summed E-state index contributed by atoms with van der Waals surface area (Å²) >= 11 is 5.84. The van der Waals surface area contributed by atoms with Gasteiger partial charge < -0.3 is 0 Å². The van der Waals surface area contributed by atoms with Crippen LogP contribution in [-0.4, -0.2) is 22.9 Å². The largest absolute Gasteiger partial charge is 0.299 e. The Morgan fingerprint density at radius 1 is 1.45 bits per heavy atom. The minimum absolute atomic E-state index is 0.00395. The van der Waals surface area contributed by atoms with E-state index in [2.05, 4.69) is 25.7 Å². The zero-order valence-electron chi connectivity index (χ0n) is 12.2. The van der Waals surface area contributed by atoms with Crippen LogP contribution in [0.25, 0.3) is 0 Å². The number of halogens is 1. The highest BCUT2D eigenvalue weighted by atomic mass is 35.5. The van der Waals surface area contributed by atoms with Gasteiger partial charge >= 0.3 is 0 Å². The zero-order chi connectivity index (χ0) is 14.9. The van der Waals surface area contributed by atoms with Gasteiger partial charge in [-0.3, -0.25) is 15.0 Å². The lowest BCUT2D eigenvalue weighted by Gasteiger charge is -2.27. The predicted molar refractivity (Wildman–Crippen MR) is 80.9 cm³/mol. The van der Waals surface area contributed by atoms with Crippen molar-refractivity contribution in [2.45, 2.75) is 33.7 Å². The molecule has 0 amide bonds. The molecule has 1 aromatic rings. The van der Waals surface area contributed by atoms with Crippen molar-refractivity contribution in [1.82, 2.24) is 4.90 Å². The Labute approximate surface area is 124 Å². The second-order valence-corrected chi connectivity index (χ2v) is 7.04. The van der Waals surface area contributed by atoms with Gasteiger partial charge in [-0.15, -0.1) is 0 Å². The molecule has 1 aliphatic heterocycles. The Hall–Kier alpha value is -1.13. The molecule has 0 bridgehead atoms. The molecule has 0 aromatic heterocycles. The Balaban J connectivity index is 2.05. The van der Waals surface area contributed by atoms with E-state index in [1.807, 2.05) is 6.07 Å². The molecule has 1 fully saturated rings. The molecule has 0 radical (unpaired) electrons. The third-order valence-corrected chi connectivity index (χ3v) is 4.43. The summed E-state index contributed by atoms with van der Waals surface area (Å²) < 4.78 is 0. The van der Waals surface area contributed by atoms with E-state index in [9.17, 15) is 10.1 Å². The SMILES string of the molecule is CC(C)(C)C1CCN(Cc2ccc(Cl)c([N+](=O)[O-])c2)C1. The van der Waals surface area contributed by atoms with Crippen LogP contribution in [0.4, 0.5) is 5.69 Å². The van der Waals surface area contributed by atoms with Crippen LogP contribution in [0.2, 0.25) is 5.02 Å². The van der Waals surface area contributed by atoms with E-state index >= 15 is 0 Å². The number of benzene rings is 1. The van der Waals surface area contributed by atoms with Gasteiger partial charge in [0.1, 0.15) is 5.02 Å². The fraction of sp³-hybridized carbons (Fsp3) is 0.600. The van der Waals surface area contributed by atoms with Crippen LogP contribution in [0.15, 0.2) is 18.2 Å². The summed E-state index contributed by atoms with van der Waals surface area (Å²) in [4.78, 5) is 12.8. The number of nitro groups is 1. The fourth-order valence-corrected chi connectivity index (χ4v) is 2.92. The molecule has 2 rings (SSSR count). The summed E-state index contributed by atoms with van der Waals surface area (Å²) in [6.07, 6.45) is 1.19. The van der Waals surface area contributed by atoms with Gasteiger partial charge in [-0.05, 0) is 35.9 Å². The highest BCUT2D eigenvalue weighted by Gasteiger charge is 2.31. The smallest absolute Gasteiger partial charge is 0.288 e. The molecule has 20 heavy (non-hydrogen) atoms. The zero-order valence-corrected chi connectivity index (χ0v) is 13.0. The molecular formula is C15H21ClN2O2. The Morgan fingerprint density at radius 3 is 2.70 bits per heavy atom. The van der Waals surface area contributed by atoms with Gasteiger partial charge in [0, 0.05) is 19.2 Å². The Morgan fingerprint density at radius 2 is 2.15 bits per heavy atom. The van der Waals surface area contributed by atoms with Crippen molar-refractivity contribution in [2.75, 3.05) is 13.1 Å². The molecule has 0 saturated carbocycles. The number of likely N-dealkylation sites (tertiary alicyclic amines) is 1. The van der Waals surface area contributed by atoms with E-state index in [0.29, 0.717) is 11.3 Å². The van der Waals surface area contributed by atoms with Crippen molar-refractivity contribution >= 4 is 17.3 Å². The first-order valence-electron chi connectivity index (χ1n) is 6.92. The normalized spacial score (nSPS) is 20.3. The second-order valence-electron chi connectivity index (χ2n) is 6.63. The van der Waals surface area contributed by atoms with Crippen molar-refractivity contribution in [1.29, 1.82) is 0 Å². The molecule has 1 atom stereocenters. The number of nitro benzene ring substituents is 1. The van der Waals surface area contributed by atoms with E-state index in [0.717, 1.165) is 25.2 Å². The summed E-state index contributed by atoms with van der Waals surface area (Å²) in [5, 5.41) is 11.1. The molecule has 1 saturated heterocycles. The molecule has 1 heterocycles. The van der Waals surface area contributed by atoms with Gasteiger partial charge in [0.15, 0.2) is 0 Å². The average Bonchev–Trinajstić information content (AvgIpc) is 2.79. The molecule has 5 heteroatoms. The minimum atomic E-state index is -0.423. The summed E-state index contributed by atoms with van der Waals surface area (Å²) in [5.74, 6) is 0.685. The van der Waals surface area contributed by atoms with Crippen LogP contribution in [0, 0.1) is 21.4 Å². The summed E-state index contributed by atoms with van der Waals surface area (Å²) in [6, 6.07) is 5.08. The number of rotatable bonds is 3. The van der Waals surface area contributed by atoms with Crippen LogP contribution in [-0.2, 0) is 6.54 Å². The lowest BCUT2D eigenvalue weighted by molar-refractivity contribution is -0.384. The van der Waals surface area contributed by atoms with Crippen LogP contribution in [0.5, 0.6) is 0 Å². The van der Waals surface area contributed by atoms with E-state index in [1.54, 1.807) is 12.1 Å². The van der Waals surface area contributed by atoms with Crippen molar-refractivity contribution in [3.8, 4) is 0 Å². The van der Waals surface area contributed by atoms with E-state index in [4.69, 9.17) is 11.6 Å². The minimum Gasteiger partial charge on any atom is -0.299 e. The monoisotopic (exact) mass is 296 g/mol. The van der Waals surface area contributed by atoms with Gasteiger partial charge in [-0.25, -0.2) is 0 Å². The standard InChI is InChI=1S/C15H21ClN2O2/c1-15(2,3)12-6-7-17(10-12)9-11-4-5-13(16)14(8-11)18(19)20/h4-5,8,12H,6-7,9-10H2,1-3H3. The molecule has 1 unspecified atom stereocenters. The lowest BCUT2D eigenvalue weighted by atomic mass is 9.80. The molecule has 0 aliphatic carbocycles. The molecule has 0 N–H and O–H groups in total. The van der Waals surface area contributed by atoms with Crippen LogP contribution in [0.3, 0.4) is 0 Å². The first kappa shape index (κ1) is 15.3. The topological polar surface area (TPSA) is 46.4 Å². The summed E-state index contributed by atoms with van der Waals surface area (Å²) in [5.41, 5.74) is 1.27. The molecule has 4 nitrogen and oxygen atoms in total. The second kappa shape index (κ2) is 5.70. The van der Waals surface area contributed by atoms with E-state index < -0.39 is 4.92 Å². The summed E-state index contributed by atoms with van der Waals surface area (Å²) in [6.45, 7) is 9.68. The maximum Gasteiger partial charge on any atom is 0.288 e. The Bertz CT molecular complexity index is 511. The highest BCUT2D eigenvalue weighted by molar-refractivity contribution is 6.32. The Kier molecular flexibility index (Phi) is 4.35. The fourth-order valence-electron chi connectivity index (χ4n) is 2.74. The quantitative estimate of drug-likeness (QED) is 0.623. The number of nitrogens with zero attached hydrogens (tertiary/aromatic N) is 2. The van der Waals surface area contributed by atoms with Gasteiger partial charge in [-0.1, -0.05) is 38.4 Å². The molecule has 0 spiro atoms. The number of hydrogen-bond donors (Lipinski definition) is 0. The van der Waals surface area contributed by atoms with Crippen LogP contribution >= 0.6 is 11.6 Å². The highest BCUT2D eigenvalue weighted by Crippen LogP contribution is 2.34. The third-order valence-electron chi connectivity index (χ3n) is 4.11. The van der Waals surface area contributed by atoms with Crippen molar-refractivity contribution in [3.63, 3.8) is 0 Å². The van der Waals surface area contributed by atoms with Gasteiger partial charge in [0.2, 0.25) is 0 Å². The van der Waals surface area contributed by atoms with E-state index in [1.165, 1.54) is 6.42 Å². The van der Waals surface area contributed by atoms with E-state index in [-0.39, 0.29) is 10.7 Å². The molecular weight excluding hydrogens is 276 g/mol. The lowest BCUT2D eigenvalue weighted by Crippen LogP contribution is -2.25. The van der Waals surface area contributed by atoms with Crippen LogP contribution in [0.1, 0.15) is 32.8 Å². The first-order valence-corrected chi connectivity index (χ1v) is 7.30. The number of hydrogen-bond acceptors (Lipinski definition) is 3. The van der Waals surface area contributed by atoms with Gasteiger partial charge in [0.25, 0.3) is 5.69 Å². The molecule has 110 valence electrons. The maximum atomic E-state index is 10.9. The summed E-state index contributed by atoms with van der Waals surface area (Å²) in [7, 11) is 0. The first-order chi connectivity index (χ1) is 9.27. The predicted octanol–water partition coefficient (Wildman–Crippen LogP) is 4.12. The van der Waals surface area contributed by atoms with Crippen molar-refractivity contribution in [2.24, 2.45) is 11.3 Å². The van der Waals surface area contributed by atoms with Gasteiger partial charge in [-0.2, -0.15) is 0 Å². The molecule has 1 aliphatic rings. The maximum absolute atomic E-state index is 10.9. The average molecular weight is 297 g/mol. The van der Waals surface area contributed by atoms with Crippen molar-refractivity contribution < 1.29 is 4.92 Å². The van der Waals surface area contributed by atoms with Crippen molar-refractivity contribution in [3.05, 3.63) is 38.9 Å². The molecule has 1 aromatic carbocycles. The van der Waals surface area contributed by atoms with Gasteiger partial charge in [0.05, 0.1) is 4.92 Å². The van der Waals surface area contributed by atoms with Crippen LogP contribution < -0.4 is 0 Å². The third kappa shape index (κ3) is 3.49.